The highest BCUT2D eigenvalue weighted by Gasteiger charge is 2.09. The summed E-state index contributed by atoms with van der Waals surface area (Å²) in [5.74, 6) is 0.770. The summed E-state index contributed by atoms with van der Waals surface area (Å²) in [5, 5.41) is 17.1. The quantitative estimate of drug-likeness (QED) is 0.294. The summed E-state index contributed by atoms with van der Waals surface area (Å²) in [6.07, 6.45) is 1.38. The highest BCUT2D eigenvalue weighted by Crippen LogP contribution is 2.27. The molecule has 1 aromatic carbocycles. The van der Waals surface area contributed by atoms with E-state index in [0.29, 0.717) is 44.2 Å². The van der Waals surface area contributed by atoms with Gasteiger partial charge < -0.3 is 30.2 Å². The first-order valence-electron chi connectivity index (χ1n) is 8.79. The van der Waals surface area contributed by atoms with Crippen molar-refractivity contribution in [2.45, 2.75) is 13.3 Å². The number of nitrogens with zero attached hydrogens (tertiary/aromatic N) is 1. The summed E-state index contributed by atoms with van der Waals surface area (Å²) in [6, 6.07) is 7.36. The number of benzene rings is 1. The van der Waals surface area contributed by atoms with E-state index in [1.165, 1.54) is 6.20 Å². The first kappa shape index (κ1) is 22.6. The van der Waals surface area contributed by atoms with Gasteiger partial charge in [0, 0.05) is 25.8 Å². The Morgan fingerprint density at radius 1 is 1.11 bits per heavy atom. The first-order valence-corrected chi connectivity index (χ1v) is 8.79. The molecule has 0 unspecified atom stereocenters. The number of ether oxygens (including phenoxy) is 3. The average molecular weight is 390 g/mol. The molecule has 0 aliphatic heterocycles. The van der Waals surface area contributed by atoms with Gasteiger partial charge in [0.05, 0.1) is 20.8 Å². The Balaban J connectivity index is 2.41. The molecule has 2 amide bonds. The SMILES string of the molecule is CCOC(=O)NCCN/C=C(/C#N)C(=O)NCCc1ccc(OC)c(OC)c1. The van der Waals surface area contributed by atoms with Crippen LogP contribution >= 0.6 is 0 Å². The predicted molar refractivity (Wildman–Crippen MR) is 103 cm³/mol. The van der Waals surface area contributed by atoms with Crippen LogP contribution in [-0.4, -0.2) is 52.5 Å². The topological polar surface area (TPSA) is 122 Å². The number of carbonyl (C=O) groups is 2. The molecule has 152 valence electrons. The maximum Gasteiger partial charge on any atom is 0.407 e. The molecule has 0 bridgehead atoms. The summed E-state index contributed by atoms with van der Waals surface area (Å²) < 4.78 is 15.1. The molecule has 0 saturated heterocycles. The minimum absolute atomic E-state index is 0.0524. The lowest BCUT2D eigenvalue weighted by atomic mass is 10.1. The zero-order chi connectivity index (χ0) is 20.8. The fourth-order valence-electron chi connectivity index (χ4n) is 2.19. The highest BCUT2D eigenvalue weighted by molar-refractivity contribution is 5.97. The molecule has 1 aromatic rings. The van der Waals surface area contributed by atoms with Crippen LogP contribution in [0.5, 0.6) is 11.5 Å². The minimum atomic E-state index is -0.512. The van der Waals surface area contributed by atoms with E-state index in [2.05, 4.69) is 16.0 Å². The second-order valence-corrected chi connectivity index (χ2v) is 5.47. The molecule has 0 atom stereocenters. The van der Waals surface area contributed by atoms with E-state index in [4.69, 9.17) is 19.5 Å². The van der Waals surface area contributed by atoms with Gasteiger partial charge in [-0.3, -0.25) is 4.79 Å². The van der Waals surface area contributed by atoms with E-state index < -0.39 is 12.0 Å². The largest absolute Gasteiger partial charge is 0.493 e. The fraction of sp³-hybridized carbons (Fsp3) is 0.421. The molecule has 0 spiro atoms. The smallest absolute Gasteiger partial charge is 0.407 e. The Kier molecular flexibility index (Phi) is 10.4. The standard InChI is InChI=1S/C19H26N4O5/c1-4-28-19(25)23-10-9-21-13-15(12-20)18(24)22-8-7-14-5-6-16(26-2)17(11-14)27-3/h5-6,11,13,21H,4,7-10H2,1-3H3,(H,22,24)(H,23,25)/b15-13-. The molecule has 0 radical (unpaired) electrons. The predicted octanol–water partition coefficient (Wildman–Crippen LogP) is 1.11. The normalized spacial score (nSPS) is 10.4. The molecule has 0 heterocycles. The zero-order valence-electron chi connectivity index (χ0n) is 16.3. The van der Waals surface area contributed by atoms with Crippen molar-refractivity contribution in [2.75, 3.05) is 40.5 Å². The molecule has 0 aliphatic rings. The van der Waals surface area contributed by atoms with E-state index in [1.54, 1.807) is 27.2 Å². The van der Waals surface area contributed by atoms with Crippen molar-refractivity contribution in [1.29, 1.82) is 5.26 Å². The van der Waals surface area contributed by atoms with Gasteiger partial charge in [-0.05, 0) is 31.0 Å². The molecular formula is C19H26N4O5. The lowest BCUT2D eigenvalue weighted by molar-refractivity contribution is -0.117. The van der Waals surface area contributed by atoms with Crippen LogP contribution in [0.1, 0.15) is 12.5 Å². The molecule has 1 rings (SSSR count). The lowest BCUT2D eigenvalue weighted by Gasteiger charge is -2.10. The minimum Gasteiger partial charge on any atom is -0.493 e. The number of hydrogen-bond donors (Lipinski definition) is 3. The van der Waals surface area contributed by atoms with Crippen LogP contribution in [-0.2, 0) is 16.0 Å². The summed E-state index contributed by atoms with van der Waals surface area (Å²) in [6.45, 7) is 3.01. The van der Waals surface area contributed by atoms with Crippen LogP contribution in [0.15, 0.2) is 30.0 Å². The van der Waals surface area contributed by atoms with E-state index in [9.17, 15) is 9.59 Å². The van der Waals surface area contributed by atoms with E-state index in [0.717, 1.165) is 5.56 Å². The van der Waals surface area contributed by atoms with Gasteiger partial charge in [-0.15, -0.1) is 0 Å². The number of amides is 2. The second kappa shape index (κ2) is 12.9. The molecular weight excluding hydrogens is 364 g/mol. The first-order chi connectivity index (χ1) is 13.5. The van der Waals surface area contributed by atoms with Crippen LogP contribution in [0.2, 0.25) is 0 Å². The summed E-state index contributed by atoms with van der Waals surface area (Å²) in [7, 11) is 3.12. The van der Waals surface area contributed by atoms with Crippen LogP contribution in [0.3, 0.4) is 0 Å². The third-order valence-electron chi connectivity index (χ3n) is 3.57. The van der Waals surface area contributed by atoms with Gasteiger partial charge >= 0.3 is 6.09 Å². The molecule has 0 fully saturated rings. The van der Waals surface area contributed by atoms with Crippen molar-refractivity contribution >= 4 is 12.0 Å². The number of hydrogen-bond acceptors (Lipinski definition) is 7. The molecule has 0 aromatic heterocycles. The molecule has 3 N–H and O–H groups in total. The number of carbonyl (C=O) groups excluding carboxylic acids is 2. The van der Waals surface area contributed by atoms with Crippen LogP contribution < -0.4 is 25.4 Å². The Hall–Kier alpha value is -3.41. The van der Waals surface area contributed by atoms with Crippen molar-refractivity contribution in [2.24, 2.45) is 0 Å². The van der Waals surface area contributed by atoms with Gasteiger partial charge in [0.15, 0.2) is 11.5 Å². The van der Waals surface area contributed by atoms with Gasteiger partial charge in [-0.2, -0.15) is 5.26 Å². The Labute approximate surface area is 164 Å². The van der Waals surface area contributed by atoms with E-state index in [1.807, 2.05) is 18.2 Å². The number of alkyl carbamates (subject to hydrolysis) is 1. The van der Waals surface area contributed by atoms with Gasteiger partial charge in [0.1, 0.15) is 11.6 Å². The van der Waals surface area contributed by atoms with Gasteiger partial charge in [0.2, 0.25) is 0 Å². The fourth-order valence-corrected chi connectivity index (χ4v) is 2.19. The van der Waals surface area contributed by atoms with E-state index >= 15 is 0 Å². The lowest BCUT2D eigenvalue weighted by Crippen LogP contribution is -2.31. The molecule has 0 aliphatic carbocycles. The van der Waals surface area contributed by atoms with Crippen LogP contribution in [0.4, 0.5) is 4.79 Å². The van der Waals surface area contributed by atoms with Crippen molar-refractivity contribution in [3.8, 4) is 17.6 Å². The Morgan fingerprint density at radius 3 is 2.50 bits per heavy atom. The summed E-state index contributed by atoms with van der Waals surface area (Å²) in [5.41, 5.74) is 0.909. The third-order valence-corrected chi connectivity index (χ3v) is 3.57. The number of nitriles is 1. The monoisotopic (exact) mass is 390 g/mol. The molecule has 9 nitrogen and oxygen atoms in total. The average Bonchev–Trinajstić information content (AvgIpc) is 2.70. The van der Waals surface area contributed by atoms with Crippen molar-refractivity contribution < 1.29 is 23.8 Å². The second-order valence-electron chi connectivity index (χ2n) is 5.47. The maximum atomic E-state index is 12.1. The van der Waals surface area contributed by atoms with Crippen molar-refractivity contribution in [3.05, 3.63) is 35.5 Å². The number of nitrogens with one attached hydrogen (secondary N) is 3. The Morgan fingerprint density at radius 2 is 1.86 bits per heavy atom. The van der Waals surface area contributed by atoms with Crippen molar-refractivity contribution in [3.63, 3.8) is 0 Å². The van der Waals surface area contributed by atoms with Gasteiger partial charge in [0.25, 0.3) is 5.91 Å². The molecule has 28 heavy (non-hydrogen) atoms. The highest BCUT2D eigenvalue weighted by atomic mass is 16.5. The van der Waals surface area contributed by atoms with E-state index in [-0.39, 0.29) is 5.57 Å². The van der Waals surface area contributed by atoms with Gasteiger partial charge in [-0.25, -0.2) is 4.79 Å². The zero-order valence-corrected chi connectivity index (χ0v) is 16.3. The summed E-state index contributed by atoms with van der Waals surface area (Å²) >= 11 is 0. The summed E-state index contributed by atoms with van der Waals surface area (Å²) in [4.78, 5) is 23.2. The number of methoxy groups -OCH3 is 2. The Bertz CT molecular complexity index is 728. The van der Waals surface area contributed by atoms with Gasteiger partial charge in [-0.1, -0.05) is 6.07 Å². The number of rotatable bonds is 11. The molecule has 9 heteroatoms. The van der Waals surface area contributed by atoms with Crippen molar-refractivity contribution in [1.82, 2.24) is 16.0 Å². The molecule has 0 saturated carbocycles. The van der Waals surface area contributed by atoms with Crippen LogP contribution in [0.25, 0.3) is 0 Å². The third kappa shape index (κ3) is 7.86. The maximum absolute atomic E-state index is 12.1. The van der Waals surface area contributed by atoms with Crippen LogP contribution in [0, 0.1) is 11.3 Å².